The molecular weight excluding hydrogens is 388 g/mol. The molecule has 0 aliphatic carbocycles. The Morgan fingerprint density at radius 2 is 1.81 bits per heavy atom. The molecule has 6 nitrogen and oxygen atoms in total. The van der Waals surface area contributed by atoms with Crippen LogP contribution in [0, 0.1) is 5.92 Å². The summed E-state index contributed by atoms with van der Waals surface area (Å²) in [5.74, 6) is -3.50. The first kappa shape index (κ1) is 22.8. The fourth-order valence-corrected chi connectivity index (χ4v) is 3.77. The molecule has 1 fully saturated rings. The van der Waals surface area contributed by atoms with Gasteiger partial charge in [-0.1, -0.05) is 30.3 Å². The molecule has 3 N–H and O–H groups in total. The zero-order chi connectivity index (χ0) is 18.4. The monoisotopic (exact) mass is 411 g/mol. The van der Waals surface area contributed by atoms with Crippen LogP contribution in [0.2, 0.25) is 0 Å². The van der Waals surface area contributed by atoms with E-state index in [-0.39, 0.29) is 49.8 Å². The molecule has 1 aliphatic rings. The minimum absolute atomic E-state index is 0. The molecule has 0 spiro atoms. The lowest BCUT2D eigenvalue weighted by atomic mass is 9.98. The highest BCUT2D eigenvalue weighted by Gasteiger charge is 2.34. The van der Waals surface area contributed by atoms with Gasteiger partial charge >= 0.3 is 5.76 Å². The van der Waals surface area contributed by atoms with Gasteiger partial charge in [0.25, 0.3) is 10.0 Å². The molecule has 1 aliphatic heterocycles. The lowest BCUT2D eigenvalue weighted by Gasteiger charge is -2.30. The van der Waals surface area contributed by atoms with Crippen molar-refractivity contribution in [1.82, 2.24) is 9.62 Å². The van der Waals surface area contributed by atoms with Crippen molar-refractivity contribution in [2.24, 2.45) is 11.7 Å². The molecule has 1 atom stereocenters. The first-order valence-electron chi connectivity index (χ1n) is 8.15. The molecule has 26 heavy (non-hydrogen) atoms. The second-order valence-electron chi connectivity index (χ2n) is 6.17. The van der Waals surface area contributed by atoms with Crippen LogP contribution in [0.5, 0.6) is 0 Å². The summed E-state index contributed by atoms with van der Waals surface area (Å²) in [5.41, 5.74) is 6.87. The third-order valence-corrected chi connectivity index (χ3v) is 5.91. The summed E-state index contributed by atoms with van der Waals surface area (Å²) in [6.07, 6.45) is 1.04. The number of alkyl halides is 2. The van der Waals surface area contributed by atoms with Gasteiger partial charge in [-0.2, -0.15) is 13.1 Å². The van der Waals surface area contributed by atoms with Crippen LogP contribution in [0.1, 0.15) is 30.9 Å². The molecule has 2 rings (SSSR count). The smallest absolute Gasteiger partial charge is 0.350 e. The van der Waals surface area contributed by atoms with Gasteiger partial charge in [0.2, 0.25) is 5.91 Å². The van der Waals surface area contributed by atoms with Crippen molar-refractivity contribution in [2.75, 3.05) is 19.6 Å². The quantitative estimate of drug-likeness (QED) is 0.716. The highest BCUT2D eigenvalue weighted by atomic mass is 35.5. The maximum absolute atomic E-state index is 12.5. The highest BCUT2D eigenvalue weighted by molar-refractivity contribution is 7.89. The molecule has 1 aromatic rings. The lowest BCUT2D eigenvalue weighted by molar-refractivity contribution is -0.121. The zero-order valence-corrected chi connectivity index (χ0v) is 15.8. The molecule has 1 saturated heterocycles. The average Bonchev–Trinajstić information content (AvgIpc) is 2.61. The second-order valence-corrected chi connectivity index (χ2v) is 8.08. The minimum Gasteiger partial charge on any atom is -0.356 e. The molecule has 0 radical (unpaired) electrons. The van der Waals surface area contributed by atoms with Crippen LogP contribution in [-0.4, -0.2) is 44.0 Å². The molecular formula is C16H24ClF2N3O3S. The lowest BCUT2D eigenvalue weighted by Crippen LogP contribution is -2.43. The van der Waals surface area contributed by atoms with Crippen LogP contribution in [0.3, 0.4) is 0 Å². The number of halogens is 3. The van der Waals surface area contributed by atoms with Gasteiger partial charge in [-0.3, -0.25) is 4.79 Å². The van der Waals surface area contributed by atoms with Crippen molar-refractivity contribution in [1.29, 1.82) is 0 Å². The first-order chi connectivity index (χ1) is 11.8. The minimum atomic E-state index is -4.51. The summed E-state index contributed by atoms with van der Waals surface area (Å²) < 4.78 is 48.7. The number of sulfonamides is 1. The number of piperidine rings is 1. The normalized spacial score (nSPS) is 17.5. The summed E-state index contributed by atoms with van der Waals surface area (Å²) in [5, 5.41) is 2.79. The molecule has 0 bridgehead atoms. The summed E-state index contributed by atoms with van der Waals surface area (Å²) in [6.45, 7) is 0.496. The zero-order valence-electron chi connectivity index (χ0n) is 14.2. The standard InChI is InChI=1S/C16H23F2N3O3S.ClH/c17-16(18)25(23,24)21-8-6-12(7-9-21)11-20-15(22)10-14(19)13-4-2-1-3-5-13;/h1-5,12,14,16H,6-11,19H2,(H,20,22);1H. The summed E-state index contributed by atoms with van der Waals surface area (Å²) in [4.78, 5) is 12.0. The SMILES string of the molecule is Cl.NC(CC(=O)NCC1CCN(S(=O)(=O)C(F)F)CC1)c1ccccc1. The molecule has 1 amide bonds. The Bertz CT molecular complexity index is 669. The largest absolute Gasteiger partial charge is 0.356 e. The third-order valence-electron chi connectivity index (χ3n) is 4.38. The molecule has 0 saturated carbocycles. The number of benzene rings is 1. The van der Waals surface area contributed by atoms with Gasteiger partial charge in [0.1, 0.15) is 0 Å². The predicted molar refractivity (Wildman–Crippen MR) is 97.5 cm³/mol. The van der Waals surface area contributed by atoms with Gasteiger partial charge in [-0.25, -0.2) is 8.42 Å². The number of amides is 1. The number of nitrogens with zero attached hydrogens (tertiary/aromatic N) is 1. The number of nitrogens with two attached hydrogens (primary N) is 1. The fourth-order valence-electron chi connectivity index (χ4n) is 2.83. The Morgan fingerprint density at radius 1 is 1.23 bits per heavy atom. The van der Waals surface area contributed by atoms with Gasteiger partial charge in [0.15, 0.2) is 0 Å². The van der Waals surface area contributed by atoms with E-state index in [1.54, 1.807) is 0 Å². The van der Waals surface area contributed by atoms with Crippen LogP contribution in [0.25, 0.3) is 0 Å². The van der Waals surface area contributed by atoms with Crippen LogP contribution >= 0.6 is 12.4 Å². The van der Waals surface area contributed by atoms with E-state index in [0.29, 0.717) is 19.4 Å². The number of nitrogens with one attached hydrogen (secondary N) is 1. The van der Waals surface area contributed by atoms with E-state index in [0.717, 1.165) is 9.87 Å². The summed E-state index contributed by atoms with van der Waals surface area (Å²) in [7, 11) is -4.51. The number of carbonyl (C=O) groups excluding carboxylic acids is 1. The van der Waals surface area contributed by atoms with E-state index in [1.807, 2.05) is 30.3 Å². The van der Waals surface area contributed by atoms with Crippen LogP contribution in [0.4, 0.5) is 8.78 Å². The maximum Gasteiger partial charge on any atom is 0.350 e. The average molecular weight is 412 g/mol. The molecule has 10 heteroatoms. The van der Waals surface area contributed by atoms with Gasteiger partial charge in [0.05, 0.1) is 0 Å². The van der Waals surface area contributed by atoms with Crippen molar-refractivity contribution < 1.29 is 22.0 Å². The van der Waals surface area contributed by atoms with Crippen molar-refractivity contribution in [3.05, 3.63) is 35.9 Å². The number of hydrogen-bond donors (Lipinski definition) is 2. The van der Waals surface area contributed by atoms with E-state index in [1.165, 1.54) is 0 Å². The Balaban J connectivity index is 0.00000338. The van der Waals surface area contributed by atoms with Crippen molar-refractivity contribution >= 4 is 28.3 Å². The van der Waals surface area contributed by atoms with E-state index >= 15 is 0 Å². The topological polar surface area (TPSA) is 92.5 Å². The fraction of sp³-hybridized carbons (Fsp3) is 0.562. The van der Waals surface area contributed by atoms with Crippen molar-refractivity contribution in [3.63, 3.8) is 0 Å². The van der Waals surface area contributed by atoms with Crippen molar-refractivity contribution in [2.45, 2.75) is 31.1 Å². The van der Waals surface area contributed by atoms with E-state index in [2.05, 4.69) is 5.32 Å². The highest BCUT2D eigenvalue weighted by Crippen LogP contribution is 2.22. The molecule has 1 aromatic carbocycles. The Morgan fingerprint density at radius 3 is 2.35 bits per heavy atom. The van der Waals surface area contributed by atoms with E-state index in [4.69, 9.17) is 5.73 Å². The molecule has 148 valence electrons. The van der Waals surface area contributed by atoms with Crippen LogP contribution in [-0.2, 0) is 14.8 Å². The van der Waals surface area contributed by atoms with Crippen LogP contribution in [0.15, 0.2) is 30.3 Å². The third kappa shape index (κ3) is 6.15. The van der Waals surface area contributed by atoms with Gasteiger partial charge in [0, 0.05) is 32.1 Å². The number of carbonyl (C=O) groups is 1. The van der Waals surface area contributed by atoms with E-state index in [9.17, 15) is 22.0 Å². The summed E-state index contributed by atoms with van der Waals surface area (Å²) >= 11 is 0. The van der Waals surface area contributed by atoms with Crippen LogP contribution < -0.4 is 11.1 Å². The van der Waals surface area contributed by atoms with Gasteiger partial charge in [-0.15, -0.1) is 12.4 Å². The number of rotatable bonds is 7. The first-order valence-corrected chi connectivity index (χ1v) is 9.65. The Labute approximate surface area is 158 Å². The maximum atomic E-state index is 12.5. The predicted octanol–water partition coefficient (Wildman–Crippen LogP) is 1.88. The Hall–Kier alpha value is -1.29. The van der Waals surface area contributed by atoms with Gasteiger partial charge < -0.3 is 11.1 Å². The second kappa shape index (κ2) is 10.1. The van der Waals surface area contributed by atoms with E-state index < -0.39 is 15.8 Å². The molecule has 1 unspecified atom stereocenters. The molecule has 0 aromatic heterocycles. The van der Waals surface area contributed by atoms with Crippen molar-refractivity contribution in [3.8, 4) is 0 Å². The molecule has 1 heterocycles. The summed E-state index contributed by atoms with van der Waals surface area (Å²) in [6, 6.07) is 8.91. The Kier molecular flexibility index (Phi) is 8.88. The van der Waals surface area contributed by atoms with Gasteiger partial charge in [-0.05, 0) is 24.3 Å². The number of hydrogen-bond acceptors (Lipinski definition) is 4.